The number of hydrogen-bond acceptors (Lipinski definition) is 3. The number of benzene rings is 2. The fraction of sp³-hybridized carbons (Fsp3) is 0.733. The van der Waals surface area contributed by atoms with E-state index in [1.807, 2.05) is 0 Å². The lowest BCUT2D eigenvalue weighted by Gasteiger charge is -2.31. The van der Waals surface area contributed by atoms with Crippen LogP contribution in [0.5, 0.6) is 11.5 Å². The van der Waals surface area contributed by atoms with Gasteiger partial charge >= 0.3 is 0 Å². The van der Waals surface area contributed by atoms with Gasteiger partial charge in [-0.1, -0.05) is 167 Å². The first-order valence-corrected chi connectivity index (χ1v) is 27.5. The van der Waals surface area contributed by atoms with Gasteiger partial charge in [-0.15, -0.1) is 0 Å². The molecule has 63 heavy (non-hydrogen) atoms. The molecule has 4 aliphatic rings. The average molecular weight is 863 g/mol. The van der Waals surface area contributed by atoms with Gasteiger partial charge in [-0.05, 0) is 171 Å². The third-order valence-electron chi connectivity index (χ3n) is 16.5. The maximum absolute atomic E-state index is 6.59. The van der Waals surface area contributed by atoms with Crippen LogP contribution in [0.4, 0.5) is 0 Å². The van der Waals surface area contributed by atoms with Gasteiger partial charge in [0.1, 0.15) is 11.5 Å². The predicted octanol–water partition coefficient (Wildman–Crippen LogP) is 17.9. The molecule has 3 heteroatoms. The maximum Gasteiger partial charge on any atom is 0.119 e. The topological polar surface area (TPSA) is 27.7 Å². The molecular weight excluding hydrogens is 769 g/mol. The van der Waals surface area contributed by atoms with Gasteiger partial charge in [-0.3, -0.25) is 0 Å². The van der Waals surface area contributed by atoms with Crippen LogP contribution in [0.25, 0.3) is 11.1 Å². The van der Waals surface area contributed by atoms with E-state index in [9.17, 15) is 0 Å². The van der Waals surface area contributed by atoms with Crippen LogP contribution in [0, 0.1) is 47.3 Å². The summed E-state index contributed by atoms with van der Waals surface area (Å²) in [6.45, 7) is 12.4. The molecule has 352 valence electrons. The lowest BCUT2D eigenvalue weighted by atomic mass is 9.75. The van der Waals surface area contributed by atoms with E-state index in [-0.39, 0.29) is 0 Å². The molecule has 0 aromatic heterocycles. The van der Waals surface area contributed by atoms with E-state index >= 15 is 0 Å². The van der Waals surface area contributed by atoms with Gasteiger partial charge < -0.3 is 14.2 Å². The third kappa shape index (κ3) is 17.0. The van der Waals surface area contributed by atoms with Crippen molar-refractivity contribution < 1.29 is 14.2 Å². The van der Waals surface area contributed by atoms with Crippen LogP contribution in [-0.4, -0.2) is 26.4 Å². The highest BCUT2D eigenvalue weighted by Crippen LogP contribution is 2.42. The van der Waals surface area contributed by atoms with E-state index in [2.05, 4.69) is 88.4 Å². The Bertz CT molecular complexity index is 1420. The Kier molecular flexibility index (Phi) is 22.6. The molecule has 4 saturated carbocycles. The maximum atomic E-state index is 6.59. The second-order valence-electron chi connectivity index (χ2n) is 21.3. The average Bonchev–Trinajstić information content (AvgIpc) is 3.32. The zero-order chi connectivity index (χ0) is 43.9. The number of hydrogen-bond donors (Lipinski definition) is 0. The lowest BCUT2D eigenvalue weighted by Crippen LogP contribution is -2.20. The molecule has 2 aromatic carbocycles. The SMILES string of the molecule is CCCCC[C@H]1CC[C@H](C(=CCOCC=C(c2ccc(OC[C@H]3CC[C@H](CCC)CC3)cc2)[C@H]2CC[C@H](CCCCC)CC2)c2ccc(OC[C@H]3CC[C@H](CCC)CC3)cc2)CC1. The molecular formula is C60H94O3. The minimum atomic E-state index is 0.608. The second kappa shape index (κ2) is 28.5. The van der Waals surface area contributed by atoms with Crippen molar-refractivity contribution in [2.45, 2.75) is 207 Å². The molecule has 0 saturated heterocycles. The van der Waals surface area contributed by atoms with E-state index < -0.39 is 0 Å². The van der Waals surface area contributed by atoms with Crippen molar-refractivity contribution in [3.05, 3.63) is 71.8 Å². The van der Waals surface area contributed by atoms with Crippen LogP contribution in [-0.2, 0) is 4.74 Å². The quantitative estimate of drug-likeness (QED) is 0.0882. The molecule has 0 bridgehead atoms. The Hall–Kier alpha value is -2.52. The number of allylic oxidation sites excluding steroid dienone is 2. The molecule has 6 rings (SSSR count). The van der Waals surface area contributed by atoms with E-state index in [0.29, 0.717) is 36.9 Å². The largest absolute Gasteiger partial charge is 0.493 e. The summed E-state index contributed by atoms with van der Waals surface area (Å²) < 4.78 is 19.4. The summed E-state index contributed by atoms with van der Waals surface area (Å²) in [5.74, 6) is 8.40. The van der Waals surface area contributed by atoms with Crippen molar-refractivity contribution in [1.82, 2.24) is 0 Å². The highest BCUT2D eigenvalue weighted by Gasteiger charge is 2.27. The van der Waals surface area contributed by atoms with E-state index in [0.717, 1.165) is 48.4 Å². The van der Waals surface area contributed by atoms with E-state index in [1.165, 1.54) is 202 Å². The minimum Gasteiger partial charge on any atom is -0.493 e. The van der Waals surface area contributed by atoms with Crippen LogP contribution in [0.3, 0.4) is 0 Å². The smallest absolute Gasteiger partial charge is 0.119 e. The van der Waals surface area contributed by atoms with Crippen LogP contribution < -0.4 is 9.47 Å². The fourth-order valence-electron chi connectivity index (χ4n) is 12.4. The van der Waals surface area contributed by atoms with Crippen molar-refractivity contribution in [3.8, 4) is 11.5 Å². The van der Waals surface area contributed by atoms with Gasteiger partial charge in [0.15, 0.2) is 0 Å². The van der Waals surface area contributed by atoms with Gasteiger partial charge in [0.2, 0.25) is 0 Å². The van der Waals surface area contributed by atoms with Crippen LogP contribution >= 0.6 is 0 Å². The van der Waals surface area contributed by atoms with Gasteiger partial charge in [0.25, 0.3) is 0 Å². The summed E-state index contributed by atoms with van der Waals surface area (Å²) in [5, 5.41) is 0. The molecule has 0 atom stereocenters. The van der Waals surface area contributed by atoms with Crippen molar-refractivity contribution >= 4 is 11.1 Å². The van der Waals surface area contributed by atoms with Gasteiger partial charge in [0.05, 0.1) is 26.4 Å². The predicted molar refractivity (Wildman–Crippen MR) is 271 cm³/mol. The monoisotopic (exact) mass is 863 g/mol. The highest BCUT2D eigenvalue weighted by molar-refractivity contribution is 5.69. The summed E-state index contributed by atoms with van der Waals surface area (Å²) in [6, 6.07) is 18.3. The van der Waals surface area contributed by atoms with Crippen LogP contribution in [0.1, 0.15) is 219 Å². The summed E-state index contributed by atoms with van der Waals surface area (Å²) in [7, 11) is 0. The lowest BCUT2D eigenvalue weighted by molar-refractivity contribution is 0.178. The minimum absolute atomic E-state index is 0.608. The summed E-state index contributed by atoms with van der Waals surface area (Å²) >= 11 is 0. The molecule has 0 unspecified atom stereocenters. The molecule has 2 aromatic rings. The number of ether oxygens (including phenoxy) is 3. The Morgan fingerprint density at radius 2 is 0.730 bits per heavy atom. The fourth-order valence-corrected chi connectivity index (χ4v) is 12.4. The molecule has 0 radical (unpaired) electrons. The van der Waals surface area contributed by atoms with Crippen molar-refractivity contribution in [1.29, 1.82) is 0 Å². The standard InChI is InChI=1S/C60H94O3/c1-5-9-11-15-49-25-29-53(30-26-49)59(55-33-37-57(38-34-55)62-45-51-21-17-47(13-7-3)18-22-51)41-43-61-44-42-60(54-31-27-50(28-32-54)16-12-10-6-2)56-35-39-58(40-36-56)63-46-52-23-19-48(14-8-4)20-24-52/h33-42,47-54H,5-32,43-46H2,1-4H3/t47-,48-,49-,50-,51-,52-,53-,54-. The summed E-state index contributed by atoms with van der Waals surface area (Å²) in [4.78, 5) is 0. The van der Waals surface area contributed by atoms with Gasteiger partial charge in [-0.25, -0.2) is 0 Å². The normalized spacial score (nSPS) is 27.3. The summed E-state index contributed by atoms with van der Waals surface area (Å²) in [6.07, 6.45) is 42.9. The molecule has 3 nitrogen and oxygen atoms in total. The Labute approximate surface area is 388 Å². The number of rotatable bonds is 26. The molecule has 4 fully saturated rings. The molecule has 0 spiro atoms. The first-order chi connectivity index (χ1) is 31.0. The van der Waals surface area contributed by atoms with E-state index in [4.69, 9.17) is 14.2 Å². The van der Waals surface area contributed by atoms with E-state index in [1.54, 1.807) is 0 Å². The second-order valence-corrected chi connectivity index (χ2v) is 21.3. The van der Waals surface area contributed by atoms with Crippen LogP contribution in [0.2, 0.25) is 0 Å². The van der Waals surface area contributed by atoms with Crippen molar-refractivity contribution in [3.63, 3.8) is 0 Å². The zero-order valence-electron chi connectivity index (χ0n) is 41.2. The van der Waals surface area contributed by atoms with Crippen LogP contribution in [0.15, 0.2) is 60.7 Å². The zero-order valence-corrected chi connectivity index (χ0v) is 41.2. The molecule has 0 heterocycles. The van der Waals surface area contributed by atoms with Crippen molar-refractivity contribution in [2.75, 3.05) is 26.4 Å². The molecule has 0 aliphatic heterocycles. The molecule has 0 N–H and O–H groups in total. The first kappa shape index (κ1) is 49.9. The third-order valence-corrected chi connectivity index (χ3v) is 16.5. The Balaban J connectivity index is 1.08. The van der Waals surface area contributed by atoms with Crippen molar-refractivity contribution in [2.24, 2.45) is 47.3 Å². The highest BCUT2D eigenvalue weighted by atomic mass is 16.5. The Morgan fingerprint density at radius 1 is 0.397 bits per heavy atom. The Morgan fingerprint density at radius 3 is 1.08 bits per heavy atom. The van der Waals surface area contributed by atoms with Gasteiger partial charge in [-0.2, -0.15) is 0 Å². The first-order valence-electron chi connectivity index (χ1n) is 27.5. The summed E-state index contributed by atoms with van der Waals surface area (Å²) in [5.41, 5.74) is 5.72. The number of unbranched alkanes of at least 4 members (excludes halogenated alkanes) is 4. The molecule has 0 amide bonds. The molecule has 4 aliphatic carbocycles. The van der Waals surface area contributed by atoms with Gasteiger partial charge in [0, 0.05) is 0 Å².